The molecule has 1 fully saturated rings. The summed E-state index contributed by atoms with van der Waals surface area (Å²) in [6.45, 7) is 13.0. The van der Waals surface area contributed by atoms with Gasteiger partial charge in [-0.2, -0.15) is 0 Å². The van der Waals surface area contributed by atoms with E-state index in [1.165, 1.54) is 0 Å². The number of anilines is 1. The predicted molar refractivity (Wildman–Crippen MR) is 91.4 cm³/mol. The number of nitrogens with one attached hydrogen (secondary N) is 1. The second-order valence-electron chi connectivity index (χ2n) is 6.78. The van der Waals surface area contributed by atoms with Gasteiger partial charge in [-0.15, -0.1) is 0 Å². The SMILES string of the molecule is Cc1cc(F)c(Br)cc1N1CC(C(C)C)NCC1C(C)C. The molecule has 1 saturated heterocycles. The number of halogens is 2. The van der Waals surface area contributed by atoms with E-state index in [9.17, 15) is 4.39 Å². The number of nitrogens with zero attached hydrogens (tertiary/aromatic N) is 1. The van der Waals surface area contributed by atoms with Crippen LogP contribution in [-0.2, 0) is 0 Å². The van der Waals surface area contributed by atoms with Crippen molar-refractivity contribution in [1.29, 1.82) is 0 Å². The lowest BCUT2D eigenvalue weighted by Gasteiger charge is -2.45. The molecule has 118 valence electrons. The Morgan fingerprint density at radius 3 is 2.48 bits per heavy atom. The number of piperazine rings is 1. The lowest BCUT2D eigenvalue weighted by atomic mass is 9.93. The van der Waals surface area contributed by atoms with Crippen LogP contribution in [0.15, 0.2) is 16.6 Å². The molecule has 2 atom stereocenters. The topological polar surface area (TPSA) is 15.3 Å². The van der Waals surface area contributed by atoms with Crippen molar-refractivity contribution in [3.05, 3.63) is 28.0 Å². The molecule has 1 heterocycles. The highest BCUT2D eigenvalue weighted by Gasteiger charge is 2.32. The van der Waals surface area contributed by atoms with E-state index in [-0.39, 0.29) is 5.82 Å². The van der Waals surface area contributed by atoms with E-state index in [1.807, 2.05) is 13.0 Å². The Labute approximate surface area is 136 Å². The standard InChI is InChI=1S/C17H26BrFN2/c1-10(2)15-9-21(17(8-20-15)11(3)4)16-7-13(18)14(19)6-12(16)5/h6-7,10-11,15,17,20H,8-9H2,1-5H3. The summed E-state index contributed by atoms with van der Waals surface area (Å²) in [5.74, 6) is 0.950. The van der Waals surface area contributed by atoms with Gasteiger partial charge in [0.2, 0.25) is 0 Å². The van der Waals surface area contributed by atoms with Gasteiger partial charge in [0.25, 0.3) is 0 Å². The summed E-state index contributed by atoms with van der Waals surface area (Å²) < 4.78 is 14.3. The van der Waals surface area contributed by atoms with Gasteiger partial charge in [0.05, 0.1) is 4.47 Å². The maximum atomic E-state index is 13.7. The number of hydrogen-bond acceptors (Lipinski definition) is 2. The van der Waals surface area contributed by atoms with Crippen LogP contribution in [0.25, 0.3) is 0 Å². The van der Waals surface area contributed by atoms with Crippen LogP contribution in [0.2, 0.25) is 0 Å². The van der Waals surface area contributed by atoms with Crippen LogP contribution in [0.1, 0.15) is 33.3 Å². The van der Waals surface area contributed by atoms with E-state index in [2.05, 4.69) is 53.8 Å². The van der Waals surface area contributed by atoms with Gasteiger partial charge in [0.15, 0.2) is 0 Å². The van der Waals surface area contributed by atoms with E-state index in [4.69, 9.17) is 0 Å². The molecule has 1 aromatic rings. The average Bonchev–Trinajstić information content (AvgIpc) is 2.42. The Bertz CT molecular complexity index is 502. The van der Waals surface area contributed by atoms with Gasteiger partial charge in [-0.1, -0.05) is 27.7 Å². The molecule has 0 aliphatic carbocycles. The van der Waals surface area contributed by atoms with Crippen molar-refractivity contribution in [2.75, 3.05) is 18.0 Å². The normalized spacial score (nSPS) is 23.2. The first kappa shape index (κ1) is 16.8. The van der Waals surface area contributed by atoms with E-state index in [0.717, 1.165) is 24.3 Å². The Kier molecular flexibility index (Phi) is 5.31. The summed E-state index contributed by atoms with van der Waals surface area (Å²) in [4.78, 5) is 2.46. The fourth-order valence-electron chi connectivity index (χ4n) is 3.06. The highest BCUT2D eigenvalue weighted by Crippen LogP contribution is 2.32. The van der Waals surface area contributed by atoms with Gasteiger partial charge in [-0.05, 0) is 52.4 Å². The maximum absolute atomic E-state index is 13.7. The van der Waals surface area contributed by atoms with Gasteiger partial charge in [-0.25, -0.2) is 4.39 Å². The van der Waals surface area contributed by atoms with Crippen LogP contribution in [0.5, 0.6) is 0 Å². The second kappa shape index (κ2) is 6.66. The molecule has 4 heteroatoms. The molecule has 2 rings (SSSR count). The molecule has 0 saturated carbocycles. The van der Waals surface area contributed by atoms with Crippen molar-refractivity contribution >= 4 is 21.6 Å². The first-order valence-electron chi connectivity index (χ1n) is 7.77. The summed E-state index contributed by atoms with van der Waals surface area (Å²) in [6.07, 6.45) is 0. The van der Waals surface area contributed by atoms with Crippen LogP contribution in [-0.4, -0.2) is 25.2 Å². The number of rotatable bonds is 3. The third-order valence-corrected chi connectivity index (χ3v) is 5.11. The Morgan fingerprint density at radius 1 is 1.24 bits per heavy atom. The van der Waals surface area contributed by atoms with Crippen LogP contribution in [0, 0.1) is 24.6 Å². The van der Waals surface area contributed by atoms with E-state index < -0.39 is 0 Å². The number of aryl methyl sites for hydroxylation is 1. The molecule has 0 radical (unpaired) electrons. The molecule has 21 heavy (non-hydrogen) atoms. The van der Waals surface area contributed by atoms with Crippen LogP contribution >= 0.6 is 15.9 Å². The average molecular weight is 357 g/mol. The first-order chi connectivity index (χ1) is 9.81. The largest absolute Gasteiger partial charge is 0.365 e. The molecule has 2 unspecified atom stereocenters. The molecular formula is C17H26BrFN2. The quantitative estimate of drug-likeness (QED) is 0.865. The third-order valence-electron chi connectivity index (χ3n) is 4.51. The van der Waals surface area contributed by atoms with Crippen molar-refractivity contribution in [1.82, 2.24) is 5.32 Å². The lowest BCUT2D eigenvalue weighted by molar-refractivity contribution is 0.295. The molecule has 2 nitrogen and oxygen atoms in total. The highest BCUT2D eigenvalue weighted by molar-refractivity contribution is 9.10. The Morgan fingerprint density at radius 2 is 1.90 bits per heavy atom. The minimum Gasteiger partial charge on any atom is -0.365 e. The Balaban J connectivity index is 2.38. The highest BCUT2D eigenvalue weighted by atomic mass is 79.9. The van der Waals surface area contributed by atoms with E-state index >= 15 is 0 Å². The molecule has 0 amide bonds. The molecule has 1 aliphatic rings. The van der Waals surface area contributed by atoms with Crippen LogP contribution in [0.3, 0.4) is 0 Å². The Hall–Kier alpha value is -0.610. The zero-order valence-electron chi connectivity index (χ0n) is 13.6. The monoisotopic (exact) mass is 356 g/mol. The maximum Gasteiger partial charge on any atom is 0.137 e. The minimum atomic E-state index is -0.187. The zero-order chi connectivity index (χ0) is 15.7. The van der Waals surface area contributed by atoms with Crippen molar-refractivity contribution in [2.24, 2.45) is 11.8 Å². The van der Waals surface area contributed by atoms with Gasteiger partial charge in [0.1, 0.15) is 5.82 Å². The smallest absolute Gasteiger partial charge is 0.137 e. The fraction of sp³-hybridized carbons (Fsp3) is 0.647. The van der Waals surface area contributed by atoms with Crippen molar-refractivity contribution in [3.63, 3.8) is 0 Å². The van der Waals surface area contributed by atoms with Crippen molar-refractivity contribution in [3.8, 4) is 0 Å². The zero-order valence-corrected chi connectivity index (χ0v) is 15.2. The second-order valence-corrected chi connectivity index (χ2v) is 7.63. The number of hydrogen-bond donors (Lipinski definition) is 1. The summed E-state index contributed by atoms with van der Waals surface area (Å²) in [7, 11) is 0. The summed E-state index contributed by atoms with van der Waals surface area (Å²) in [5.41, 5.74) is 2.15. The molecule has 1 N–H and O–H groups in total. The molecule has 0 aromatic heterocycles. The summed E-state index contributed by atoms with van der Waals surface area (Å²) in [6, 6.07) is 4.48. The van der Waals surface area contributed by atoms with Gasteiger partial charge in [-0.3, -0.25) is 0 Å². The van der Waals surface area contributed by atoms with Crippen LogP contribution in [0.4, 0.5) is 10.1 Å². The molecular weight excluding hydrogens is 331 g/mol. The summed E-state index contributed by atoms with van der Waals surface area (Å²) in [5, 5.41) is 3.67. The van der Waals surface area contributed by atoms with Gasteiger partial charge < -0.3 is 10.2 Å². The lowest BCUT2D eigenvalue weighted by Crippen LogP contribution is -2.60. The molecule has 0 spiro atoms. The van der Waals surface area contributed by atoms with Crippen LogP contribution < -0.4 is 10.2 Å². The van der Waals surface area contributed by atoms with Gasteiger partial charge in [0, 0.05) is 30.9 Å². The van der Waals surface area contributed by atoms with Crippen molar-refractivity contribution in [2.45, 2.75) is 46.7 Å². The van der Waals surface area contributed by atoms with E-state index in [0.29, 0.717) is 28.4 Å². The predicted octanol–water partition coefficient (Wildman–Crippen LogP) is 4.36. The molecule has 0 bridgehead atoms. The number of benzene rings is 1. The molecule has 1 aromatic carbocycles. The van der Waals surface area contributed by atoms with Gasteiger partial charge >= 0.3 is 0 Å². The third kappa shape index (κ3) is 3.59. The van der Waals surface area contributed by atoms with Crippen molar-refractivity contribution < 1.29 is 4.39 Å². The first-order valence-corrected chi connectivity index (χ1v) is 8.56. The summed E-state index contributed by atoms with van der Waals surface area (Å²) >= 11 is 3.33. The van der Waals surface area contributed by atoms with E-state index in [1.54, 1.807) is 6.07 Å². The molecule has 1 aliphatic heterocycles. The minimum absolute atomic E-state index is 0.187. The fourth-order valence-corrected chi connectivity index (χ4v) is 3.39.